The minimum atomic E-state index is -3.11. The Kier molecular flexibility index (Phi) is 10.7. The van der Waals surface area contributed by atoms with Gasteiger partial charge in [-0.05, 0) is 22.2 Å². The maximum Gasteiger partial charge on any atom is 0.340 e. The van der Waals surface area contributed by atoms with Gasteiger partial charge in [0.2, 0.25) is 26.7 Å². The van der Waals surface area contributed by atoms with Gasteiger partial charge in [0.05, 0.1) is 12.9 Å². The number of amides is 1. The lowest BCUT2D eigenvalue weighted by molar-refractivity contribution is -0.129. The highest BCUT2D eigenvalue weighted by Gasteiger charge is 2.50. The number of hydrogen-bond donors (Lipinski definition) is 2. The molecule has 40 heavy (non-hydrogen) atoms. The predicted molar refractivity (Wildman–Crippen MR) is 158 cm³/mol. The van der Waals surface area contributed by atoms with E-state index in [2.05, 4.69) is 48.0 Å². The number of nitrogens with one attached hydrogen (secondary N) is 1. The number of nitrogens with zero attached hydrogens (tertiary/aromatic N) is 4. The molecule has 0 bridgehead atoms. The van der Waals surface area contributed by atoms with Crippen LogP contribution < -0.4 is 5.32 Å². The fourth-order valence-electron chi connectivity index (χ4n) is 4.76. The first-order valence-corrected chi connectivity index (χ1v) is 17.8. The van der Waals surface area contributed by atoms with Crippen molar-refractivity contribution in [1.82, 2.24) is 19.5 Å². The normalized spacial score (nSPS) is 20.4. The van der Waals surface area contributed by atoms with Crippen LogP contribution in [0.15, 0.2) is 6.33 Å². The minimum Gasteiger partial charge on any atom is -0.410 e. The van der Waals surface area contributed by atoms with Gasteiger partial charge in [0.15, 0.2) is 17.0 Å². The third-order valence-corrected chi connectivity index (χ3v) is 14.1. The Bertz CT molecular complexity index is 1190. The molecule has 0 aromatic carbocycles. The summed E-state index contributed by atoms with van der Waals surface area (Å²) in [6.45, 7) is 19.7. The number of Topliss-reactive ketones (excluding diaryl/α,β-unsaturated/α-hetero) is 1. The third kappa shape index (κ3) is 6.82. The second kappa shape index (κ2) is 13.1. The van der Waals surface area contributed by atoms with Crippen molar-refractivity contribution in [2.45, 2.75) is 110 Å². The van der Waals surface area contributed by atoms with E-state index in [4.69, 9.17) is 25.2 Å². The number of carbonyl (C=O) groups excluding carboxylic acids is 2. The molecule has 1 aliphatic heterocycles. The number of halogens is 1. The topological polar surface area (TPSA) is 138 Å². The van der Waals surface area contributed by atoms with E-state index in [1.54, 1.807) is 13.8 Å². The molecule has 3 heterocycles. The monoisotopic (exact) mass is 612 g/mol. The molecule has 2 N–H and O–H groups in total. The van der Waals surface area contributed by atoms with Gasteiger partial charge in [0, 0.05) is 5.92 Å². The van der Waals surface area contributed by atoms with Crippen LogP contribution in [0, 0.1) is 5.92 Å². The molecule has 1 aliphatic rings. The molecular formula is C26H43ClN5O6Si2. The highest BCUT2D eigenvalue weighted by Crippen LogP contribution is 2.36. The molecule has 1 saturated heterocycles. The molecule has 14 heteroatoms. The highest BCUT2D eigenvalue weighted by atomic mass is 35.5. The Hall–Kier alpha value is -1.75. The smallest absolute Gasteiger partial charge is 0.340 e. The van der Waals surface area contributed by atoms with E-state index in [-0.39, 0.29) is 68.6 Å². The van der Waals surface area contributed by atoms with Crippen LogP contribution in [0.5, 0.6) is 0 Å². The number of aromatic nitrogens is 4. The van der Waals surface area contributed by atoms with Crippen LogP contribution in [0.4, 0.5) is 5.95 Å². The largest absolute Gasteiger partial charge is 0.410 e. The quantitative estimate of drug-likeness (QED) is 0.250. The summed E-state index contributed by atoms with van der Waals surface area (Å²) in [4.78, 5) is 50.4. The number of hydrogen-bond acceptors (Lipinski definition) is 9. The summed E-state index contributed by atoms with van der Waals surface area (Å²) in [5.41, 5.74) is 0.912. The first kappa shape index (κ1) is 32.8. The molecule has 2 aromatic rings. The fraction of sp³-hybridized carbons (Fsp3) is 0.731. The number of carbonyl (C=O) groups is 2. The number of anilines is 1. The lowest BCUT2D eigenvalue weighted by atomic mass is 10.1. The molecule has 2 aromatic heterocycles. The van der Waals surface area contributed by atoms with E-state index < -0.39 is 36.0 Å². The van der Waals surface area contributed by atoms with E-state index in [1.165, 1.54) is 10.9 Å². The molecule has 3 rings (SSSR count). The van der Waals surface area contributed by atoms with Crippen molar-refractivity contribution in [3.05, 3.63) is 11.5 Å². The summed E-state index contributed by atoms with van der Waals surface area (Å²) in [5, 5.41) is 2.68. The van der Waals surface area contributed by atoms with Crippen molar-refractivity contribution in [1.29, 1.82) is 0 Å². The summed E-state index contributed by atoms with van der Waals surface area (Å²) in [6.07, 6.45) is -1.33. The van der Waals surface area contributed by atoms with Crippen molar-refractivity contribution in [2.75, 3.05) is 11.9 Å². The van der Waals surface area contributed by atoms with Crippen molar-refractivity contribution < 1.29 is 28.0 Å². The molecular weight excluding hydrogens is 570 g/mol. The maximum absolute atomic E-state index is 13.9. The molecule has 11 nitrogen and oxygen atoms in total. The van der Waals surface area contributed by atoms with E-state index in [9.17, 15) is 14.4 Å². The Labute approximate surface area is 244 Å². The Morgan fingerprint density at radius 3 is 2.25 bits per heavy atom. The van der Waals surface area contributed by atoms with Gasteiger partial charge in [0.1, 0.15) is 17.7 Å². The van der Waals surface area contributed by atoms with Gasteiger partial charge in [-0.1, -0.05) is 80.8 Å². The van der Waals surface area contributed by atoms with E-state index in [1.807, 2.05) is 27.7 Å². The molecule has 0 aliphatic carbocycles. The molecule has 0 spiro atoms. The first-order chi connectivity index (χ1) is 18.6. The number of rotatable bonds is 12. The van der Waals surface area contributed by atoms with Crippen LogP contribution in [0.25, 0.3) is 11.2 Å². The SMILES string of the molecule is CC(C)C(=O)Nc1nc(Cl)c2ncn([C@@H]3O[C@H](CO[Si](O)(C(C)C)C(C)C)C(O[Si](C(C)C)C(C)C)C3=O)c2n1. The minimum absolute atomic E-state index is 0.00567. The van der Waals surface area contributed by atoms with Gasteiger partial charge in [-0.2, -0.15) is 9.97 Å². The molecule has 223 valence electrons. The summed E-state index contributed by atoms with van der Waals surface area (Å²) < 4.78 is 20.5. The molecule has 1 unspecified atom stereocenters. The van der Waals surface area contributed by atoms with Crippen LogP contribution in [-0.2, 0) is 23.2 Å². The van der Waals surface area contributed by atoms with Gasteiger partial charge in [-0.25, -0.2) is 4.98 Å². The molecule has 1 radical (unpaired) electrons. The lowest BCUT2D eigenvalue weighted by Gasteiger charge is -2.34. The zero-order valence-corrected chi connectivity index (χ0v) is 27.8. The van der Waals surface area contributed by atoms with Crippen LogP contribution in [0.2, 0.25) is 27.3 Å². The molecule has 1 amide bonds. The number of imidazole rings is 1. The highest BCUT2D eigenvalue weighted by molar-refractivity contribution is 6.68. The Balaban J connectivity index is 2.00. The average Bonchev–Trinajstić information content (AvgIpc) is 3.40. The van der Waals surface area contributed by atoms with Crippen molar-refractivity contribution in [3.63, 3.8) is 0 Å². The van der Waals surface area contributed by atoms with Gasteiger partial charge in [0.25, 0.3) is 0 Å². The first-order valence-electron chi connectivity index (χ1n) is 13.9. The van der Waals surface area contributed by atoms with Crippen LogP contribution in [0.3, 0.4) is 0 Å². The third-order valence-electron chi connectivity index (χ3n) is 7.09. The molecule has 3 atom stereocenters. The van der Waals surface area contributed by atoms with Crippen LogP contribution >= 0.6 is 11.6 Å². The fourth-order valence-corrected chi connectivity index (χ4v) is 9.84. The van der Waals surface area contributed by atoms with E-state index in [0.29, 0.717) is 0 Å². The maximum atomic E-state index is 13.9. The zero-order chi connectivity index (χ0) is 30.1. The summed E-state index contributed by atoms with van der Waals surface area (Å²) in [6, 6.07) is 0. The second-order valence-electron chi connectivity index (χ2n) is 11.9. The lowest BCUT2D eigenvalue weighted by Crippen LogP contribution is -2.48. The summed E-state index contributed by atoms with van der Waals surface area (Å²) in [5.74, 6) is -0.854. The molecule has 1 fully saturated rings. The van der Waals surface area contributed by atoms with Crippen LogP contribution in [-0.4, -0.2) is 72.4 Å². The second-order valence-corrected chi connectivity index (χ2v) is 19.7. The summed E-state index contributed by atoms with van der Waals surface area (Å²) in [7, 11) is -4.52. The van der Waals surface area contributed by atoms with E-state index in [0.717, 1.165) is 0 Å². The average molecular weight is 613 g/mol. The van der Waals surface area contributed by atoms with E-state index >= 15 is 0 Å². The van der Waals surface area contributed by atoms with Gasteiger partial charge in [-0.15, -0.1) is 0 Å². The van der Waals surface area contributed by atoms with Gasteiger partial charge < -0.3 is 18.4 Å². The van der Waals surface area contributed by atoms with Crippen molar-refractivity contribution >= 4 is 58.0 Å². The van der Waals surface area contributed by atoms with Crippen molar-refractivity contribution in [3.8, 4) is 0 Å². The Morgan fingerprint density at radius 1 is 1.12 bits per heavy atom. The zero-order valence-electron chi connectivity index (χ0n) is 25.1. The summed E-state index contributed by atoms with van der Waals surface area (Å²) >= 11 is 6.37. The number of ketones is 1. The Morgan fingerprint density at radius 2 is 1.73 bits per heavy atom. The number of ether oxygens (including phenoxy) is 1. The standard InChI is InChI=1S/C26H43ClN5O6Si2/c1-13(2)24(34)31-26-29-22(27)19-23(30-26)32(12-28-19)25-20(33)21(38-39(14(3)4)15(5)6)18(37-25)11-36-40(35,16(7)8)17(9)10/h12-18,21,25,35H,11H2,1-10H3,(H,29,30,31,34)/t18-,21?,25-/m1/s1. The number of fused-ring (bicyclic) bond motifs is 1. The predicted octanol–water partition coefficient (Wildman–Crippen LogP) is 5.01. The van der Waals surface area contributed by atoms with Gasteiger partial charge >= 0.3 is 8.56 Å². The van der Waals surface area contributed by atoms with Crippen molar-refractivity contribution in [2.24, 2.45) is 5.92 Å². The van der Waals surface area contributed by atoms with Gasteiger partial charge in [-0.3, -0.25) is 19.5 Å². The van der Waals surface area contributed by atoms with Crippen LogP contribution in [0.1, 0.15) is 75.5 Å². The molecule has 0 saturated carbocycles.